The number of H-pyrrole nitrogens is 2. The van der Waals surface area contributed by atoms with Crippen molar-refractivity contribution in [2.45, 2.75) is 25.3 Å². The first kappa shape index (κ1) is 20.1. The number of aromatic amines is 2. The molecule has 0 atom stereocenters. The van der Waals surface area contributed by atoms with Crippen molar-refractivity contribution >= 4 is 34.8 Å². The monoisotopic (exact) mass is 457 g/mol. The Kier molecular flexibility index (Phi) is 4.82. The third kappa shape index (κ3) is 3.78. The number of fused-ring (bicyclic) bond motifs is 1. The van der Waals surface area contributed by atoms with E-state index in [-0.39, 0.29) is 40.4 Å². The second-order valence-electron chi connectivity index (χ2n) is 7.49. The molecule has 10 nitrogen and oxygen atoms in total. The highest BCUT2D eigenvalue weighted by atomic mass is 35.5. The lowest BCUT2D eigenvalue weighted by Crippen LogP contribution is -2.16. The number of benzene rings is 1. The van der Waals surface area contributed by atoms with E-state index < -0.39 is 17.4 Å². The molecule has 1 saturated carbocycles. The SMILES string of the molecule is O=C(Nc1cc(NC2CC2)n2ncc(Cc3[nH]c(=O)[nH]c3O)c2n1)c1cccc(Cl)c1F. The van der Waals surface area contributed by atoms with Gasteiger partial charge in [0.2, 0.25) is 5.88 Å². The quantitative estimate of drug-likeness (QED) is 0.301. The summed E-state index contributed by atoms with van der Waals surface area (Å²) in [6, 6.07) is 6.06. The van der Waals surface area contributed by atoms with E-state index in [9.17, 15) is 19.1 Å². The van der Waals surface area contributed by atoms with Crippen molar-refractivity contribution in [1.82, 2.24) is 24.6 Å². The fourth-order valence-electron chi connectivity index (χ4n) is 3.33. The van der Waals surface area contributed by atoms with Crippen LogP contribution in [0.2, 0.25) is 5.02 Å². The van der Waals surface area contributed by atoms with Gasteiger partial charge in [-0.3, -0.25) is 9.78 Å². The van der Waals surface area contributed by atoms with Crippen LogP contribution in [0.4, 0.5) is 16.0 Å². The largest absolute Gasteiger partial charge is 0.493 e. The molecule has 0 unspecified atom stereocenters. The Morgan fingerprint density at radius 3 is 2.88 bits per heavy atom. The lowest BCUT2D eigenvalue weighted by atomic mass is 10.2. The lowest BCUT2D eigenvalue weighted by Gasteiger charge is -2.12. The molecule has 4 aromatic rings. The number of hydrogen-bond acceptors (Lipinski definition) is 6. The molecule has 0 spiro atoms. The van der Waals surface area contributed by atoms with Crippen LogP contribution in [0.1, 0.15) is 34.5 Å². The van der Waals surface area contributed by atoms with Crippen LogP contribution >= 0.6 is 11.6 Å². The maximum atomic E-state index is 14.3. The number of imidazole rings is 1. The Hall–Kier alpha value is -3.86. The molecule has 12 heteroatoms. The van der Waals surface area contributed by atoms with Gasteiger partial charge in [0.1, 0.15) is 11.6 Å². The molecule has 3 heterocycles. The van der Waals surface area contributed by atoms with E-state index in [1.807, 2.05) is 0 Å². The van der Waals surface area contributed by atoms with Gasteiger partial charge >= 0.3 is 5.69 Å². The van der Waals surface area contributed by atoms with E-state index in [1.54, 1.807) is 16.8 Å². The van der Waals surface area contributed by atoms with Crippen LogP contribution in [-0.2, 0) is 6.42 Å². The van der Waals surface area contributed by atoms with E-state index in [1.165, 1.54) is 18.2 Å². The van der Waals surface area contributed by atoms with E-state index in [4.69, 9.17) is 11.6 Å². The first-order valence-corrected chi connectivity index (χ1v) is 10.2. The Labute approximate surface area is 184 Å². The second-order valence-corrected chi connectivity index (χ2v) is 7.90. The van der Waals surface area contributed by atoms with Gasteiger partial charge in [-0.15, -0.1) is 0 Å². The minimum atomic E-state index is -0.819. The molecule has 1 aliphatic carbocycles. The third-order valence-electron chi connectivity index (χ3n) is 5.06. The summed E-state index contributed by atoms with van der Waals surface area (Å²) in [5.74, 6) is -1.02. The predicted octanol–water partition coefficient (Wildman–Crippen LogP) is 2.66. The molecular formula is C20H17ClFN7O3. The van der Waals surface area contributed by atoms with Gasteiger partial charge in [-0.05, 0) is 25.0 Å². The zero-order valence-corrected chi connectivity index (χ0v) is 17.2. The molecular weight excluding hydrogens is 441 g/mol. The maximum Gasteiger partial charge on any atom is 0.325 e. The van der Waals surface area contributed by atoms with Crippen molar-refractivity contribution in [2.24, 2.45) is 0 Å². The summed E-state index contributed by atoms with van der Waals surface area (Å²) in [6.45, 7) is 0. The van der Waals surface area contributed by atoms with Crippen molar-refractivity contribution in [3.05, 3.63) is 68.6 Å². The van der Waals surface area contributed by atoms with E-state index in [2.05, 4.69) is 30.7 Å². The number of aromatic hydroxyl groups is 1. The molecule has 0 saturated heterocycles. The zero-order valence-electron chi connectivity index (χ0n) is 16.4. The first-order chi connectivity index (χ1) is 15.4. The fraction of sp³-hybridized carbons (Fsp3) is 0.200. The molecule has 5 N–H and O–H groups in total. The van der Waals surface area contributed by atoms with Crippen LogP contribution in [0.25, 0.3) is 5.65 Å². The average Bonchev–Trinajstić information content (AvgIpc) is 3.38. The highest BCUT2D eigenvalue weighted by Gasteiger charge is 2.24. The molecule has 1 aromatic carbocycles. The van der Waals surface area contributed by atoms with Crippen LogP contribution in [0.3, 0.4) is 0 Å². The number of amides is 1. The standard InChI is InChI=1S/C20H17ClFN7O3/c21-12-3-1-2-11(16(12)22)18(30)27-14-7-15(24-10-4-5-10)29-17(26-14)9(8-23-29)6-13-19(31)28-20(32)25-13/h1-3,7-8,10,24,31H,4-6H2,(H2,25,28,32)(H,26,27,30). The number of halogens is 2. The number of nitrogens with zero attached hydrogens (tertiary/aromatic N) is 3. The molecule has 0 aliphatic heterocycles. The Bertz CT molecular complexity index is 1410. The maximum absolute atomic E-state index is 14.3. The van der Waals surface area contributed by atoms with Gasteiger partial charge in [0.15, 0.2) is 11.5 Å². The van der Waals surface area contributed by atoms with Gasteiger partial charge in [0, 0.05) is 24.1 Å². The summed E-state index contributed by atoms with van der Waals surface area (Å²) in [5.41, 5.74) is 0.534. The number of anilines is 2. The van der Waals surface area contributed by atoms with E-state index in [0.717, 1.165) is 12.8 Å². The molecule has 0 bridgehead atoms. The Balaban J connectivity index is 1.53. The number of carbonyl (C=O) groups is 1. The minimum absolute atomic E-state index is 0.143. The Morgan fingerprint density at radius 2 is 2.16 bits per heavy atom. The van der Waals surface area contributed by atoms with Crippen LogP contribution < -0.4 is 16.3 Å². The molecule has 1 aliphatic rings. The third-order valence-corrected chi connectivity index (χ3v) is 5.35. The molecule has 1 amide bonds. The molecule has 32 heavy (non-hydrogen) atoms. The summed E-state index contributed by atoms with van der Waals surface area (Å²) < 4.78 is 15.8. The molecule has 0 radical (unpaired) electrons. The zero-order chi connectivity index (χ0) is 22.4. The van der Waals surface area contributed by atoms with Crippen molar-refractivity contribution < 1.29 is 14.3 Å². The summed E-state index contributed by atoms with van der Waals surface area (Å²) in [5, 5.41) is 20.0. The van der Waals surface area contributed by atoms with Crippen molar-refractivity contribution in [1.29, 1.82) is 0 Å². The van der Waals surface area contributed by atoms with Crippen molar-refractivity contribution in [2.75, 3.05) is 10.6 Å². The van der Waals surface area contributed by atoms with E-state index >= 15 is 0 Å². The fourth-order valence-corrected chi connectivity index (χ4v) is 3.50. The van der Waals surface area contributed by atoms with Gasteiger partial charge < -0.3 is 20.7 Å². The second kappa shape index (κ2) is 7.68. The number of carbonyl (C=O) groups excluding carboxylic acids is 1. The number of aromatic nitrogens is 5. The summed E-state index contributed by atoms with van der Waals surface area (Å²) in [7, 11) is 0. The average molecular weight is 458 g/mol. The molecule has 5 rings (SSSR count). The molecule has 3 aromatic heterocycles. The normalized spacial score (nSPS) is 13.4. The summed E-state index contributed by atoms with van der Waals surface area (Å²) >= 11 is 5.79. The summed E-state index contributed by atoms with van der Waals surface area (Å²) in [4.78, 5) is 33.3. The van der Waals surface area contributed by atoms with Crippen LogP contribution in [-0.4, -0.2) is 41.6 Å². The van der Waals surface area contributed by atoms with Gasteiger partial charge in [-0.2, -0.15) is 9.61 Å². The van der Waals surface area contributed by atoms with Crippen molar-refractivity contribution in [3.8, 4) is 5.88 Å². The smallest absolute Gasteiger partial charge is 0.325 e. The van der Waals surface area contributed by atoms with Crippen molar-refractivity contribution in [3.63, 3.8) is 0 Å². The Morgan fingerprint density at radius 1 is 1.34 bits per heavy atom. The molecule has 1 fully saturated rings. The van der Waals surface area contributed by atoms with Crippen LogP contribution in [0.5, 0.6) is 5.88 Å². The van der Waals surface area contributed by atoms with E-state index in [0.29, 0.717) is 17.0 Å². The number of nitrogens with one attached hydrogen (secondary N) is 4. The summed E-state index contributed by atoms with van der Waals surface area (Å²) in [6.07, 6.45) is 3.72. The van der Waals surface area contributed by atoms with Gasteiger partial charge in [0.25, 0.3) is 5.91 Å². The topological polar surface area (TPSA) is 140 Å². The highest BCUT2D eigenvalue weighted by molar-refractivity contribution is 6.31. The van der Waals surface area contributed by atoms with Gasteiger partial charge in [0.05, 0.1) is 22.5 Å². The number of rotatable bonds is 6. The van der Waals surface area contributed by atoms with Crippen LogP contribution in [0.15, 0.2) is 35.3 Å². The van der Waals surface area contributed by atoms with Gasteiger partial charge in [-0.25, -0.2) is 14.2 Å². The first-order valence-electron chi connectivity index (χ1n) is 9.78. The lowest BCUT2D eigenvalue weighted by molar-refractivity contribution is 0.102. The molecule has 164 valence electrons. The van der Waals surface area contributed by atoms with Gasteiger partial charge in [-0.1, -0.05) is 17.7 Å². The number of hydrogen-bond donors (Lipinski definition) is 5. The highest BCUT2D eigenvalue weighted by Crippen LogP contribution is 2.28. The minimum Gasteiger partial charge on any atom is -0.493 e. The predicted molar refractivity (Wildman–Crippen MR) is 115 cm³/mol. The van der Waals surface area contributed by atoms with Crippen LogP contribution in [0, 0.1) is 5.82 Å².